The molecule has 2 atom stereocenters. The van der Waals surface area contributed by atoms with Crippen LogP contribution in [-0.4, -0.2) is 18.9 Å². The van der Waals surface area contributed by atoms with Crippen LogP contribution in [0, 0.1) is 0 Å². The Morgan fingerprint density at radius 1 is 0.794 bits per heavy atom. The van der Waals surface area contributed by atoms with Crippen LogP contribution in [0.2, 0.25) is 10.0 Å². The average Bonchev–Trinajstić information content (AvgIpc) is 3.21. The smallest absolute Gasteiger partial charge is 0.148 e. The SMILES string of the molecule is COc1ccc(-c2ccc(N3C(C)C(c4ccc(Cl)cc4Cl)=NC3c3ccccc3)cc2)cc1. The van der Waals surface area contributed by atoms with Gasteiger partial charge in [0.05, 0.1) is 23.9 Å². The van der Waals surface area contributed by atoms with Gasteiger partial charge in [-0.2, -0.15) is 0 Å². The Balaban J connectivity index is 1.52. The van der Waals surface area contributed by atoms with Gasteiger partial charge in [-0.25, -0.2) is 0 Å². The summed E-state index contributed by atoms with van der Waals surface area (Å²) in [7, 11) is 1.68. The van der Waals surface area contributed by atoms with Crippen LogP contribution in [0.3, 0.4) is 0 Å². The molecule has 0 aliphatic carbocycles. The number of hydrogen-bond acceptors (Lipinski definition) is 3. The molecule has 2 unspecified atom stereocenters. The Labute approximate surface area is 210 Å². The van der Waals surface area contributed by atoms with E-state index in [1.54, 1.807) is 13.2 Å². The molecule has 34 heavy (non-hydrogen) atoms. The minimum absolute atomic E-state index is 0.0238. The topological polar surface area (TPSA) is 24.8 Å². The summed E-state index contributed by atoms with van der Waals surface area (Å²) in [6.07, 6.45) is -0.148. The Bertz CT molecular complexity index is 1320. The molecule has 4 aromatic rings. The van der Waals surface area contributed by atoms with E-state index in [-0.39, 0.29) is 12.2 Å². The summed E-state index contributed by atoms with van der Waals surface area (Å²) in [6.45, 7) is 2.17. The van der Waals surface area contributed by atoms with Gasteiger partial charge < -0.3 is 9.64 Å². The second kappa shape index (κ2) is 9.54. The summed E-state index contributed by atoms with van der Waals surface area (Å²) >= 11 is 12.7. The molecule has 0 fully saturated rings. The number of nitrogens with zero attached hydrogens (tertiary/aromatic N) is 2. The molecule has 5 heteroatoms. The van der Waals surface area contributed by atoms with Crippen LogP contribution in [0.1, 0.15) is 24.2 Å². The first-order valence-corrected chi connectivity index (χ1v) is 11.9. The van der Waals surface area contributed by atoms with Gasteiger partial charge in [-0.05, 0) is 60.0 Å². The Morgan fingerprint density at radius 3 is 2.06 bits per heavy atom. The van der Waals surface area contributed by atoms with Crippen LogP contribution < -0.4 is 9.64 Å². The first-order chi connectivity index (χ1) is 16.5. The number of methoxy groups -OCH3 is 1. The van der Waals surface area contributed by atoms with Crippen molar-refractivity contribution < 1.29 is 4.74 Å². The Hall–Kier alpha value is -3.27. The molecule has 0 radical (unpaired) electrons. The summed E-state index contributed by atoms with van der Waals surface area (Å²) in [6, 6.07) is 32.7. The van der Waals surface area contributed by atoms with Crippen LogP contribution in [0.5, 0.6) is 5.75 Å². The first kappa shape index (κ1) is 22.5. The molecule has 170 valence electrons. The van der Waals surface area contributed by atoms with Crippen molar-refractivity contribution in [1.82, 2.24) is 0 Å². The van der Waals surface area contributed by atoms with Crippen LogP contribution in [0.25, 0.3) is 11.1 Å². The third-order valence-corrected chi connectivity index (χ3v) is 6.78. The molecule has 1 aliphatic rings. The van der Waals surface area contributed by atoms with Crippen molar-refractivity contribution in [1.29, 1.82) is 0 Å². The highest BCUT2D eigenvalue weighted by molar-refractivity contribution is 6.37. The molecule has 0 N–H and O–H groups in total. The maximum atomic E-state index is 6.58. The summed E-state index contributed by atoms with van der Waals surface area (Å²) in [5, 5.41) is 1.23. The van der Waals surface area contributed by atoms with Crippen LogP contribution >= 0.6 is 23.2 Å². The van der Waals surface area contributed by atoms with Gasteiger partial charge in [0.15, 0.2) is 0 Å². The zero-order valence-electron chi connectivity index (χ0n) is 19.0. The van der Waals surface area contributed by atoms with E-state index in [1.165, 1.54) is 0 Å². The van der Waals surface area contributed by atoms with Crippen molar-refractivity contribution in [3.05, 3.63) is 118 Å². The van der Waals surface area contributed by atoms with E-state index >= 15 is 0 Å². The number of anilines is 1. The molecular formula is C29H24Cl2N2O. The van der Waals surface area contributed by atoms with E-state index in [0.29, 0.717) is 10.0 Å². The Morgan fingerprint density at radius 2 is 1.44 bits per heavy atom. The van der Waals surface area contributed by atoms with E-state index in [1.807, 2.05) is 42.5 Å². The number of rotatable bonds is 5. The van der Waals surface area contributed by atoms with Gasteiger partial charge in [-0.1, -0.05) is 83.9 Å². The molecule has 4 aromatic carbocycles. The molecular weight excluding hydrogens is 463 g/mol. The third kappa shape index (κ3) is 4.29. The maximum absolute atomic E-state index is 6.58. The molecule has 0 saturated carbocycles. The predicted octanol–water partition coefficient (Wildman–Crippen LogP) is 8.07. The second-order valence-electron chi connectivity index (χ2n) is 8.28. The van der Waals surface area contributed by atoms with Gasteiger partial charge in [0.25, 0.3) is 0 Å². The van der Waals surface area contributed by atoms with Crippen molar-refractivity contribution in [2.45, 2.75) is 19.1 Å². The lowest BCUT2D eigenvalue weighted by Gasteiger charge is -2.30. The zero-order valence-corrected chi connectivity index (χ0v) is 20.5. The molecule has 1 aliphatic heterocycles. The van der Waals surface area contributed by atoms with Gasteiger partial charge in [-0.3, -0.25) is 4.99 Å². The summed E-state index contributed by atoms with van der Waals surface area (Å²) in [5.41, 5.74) is 6.39. The van der Waals surface area contributed by atoms with Crippen LogP contribution in [0.15, 0.2) is 102 Å². The van der Waals surface area contributed by atoms with Gasteiger partial charge >= 0.3 is 0 Å². The lowest BCUT2D eigenvalue weighted by atomic mass is 10.0. The Kier molecular flexibility index (Phi) is 6.32. The van der Waals surface area contributed by atoms with E-state index < -0.39 is 0 Å². The standard InChI is InChI=1S/C29H24Cl2N2O/c1-19-28(26-17-12-23(30)18-27(26)31)32-29(22-6-4-3-5-7-22)33(19)24-13-8-20(9-14-24)21-10-15-25(34-2)16-11-21/h3-19,29H,1-2H3. The molecule has 1 heterocycles. The lowest BCUT2D eigenvalue weighted by Crippen LogP contribution is -2.35. The van der Waals surface area contributed by atoms with Gasteiger partial charge in [0.2, 0.25) is 0 Å². The average molecular weight is 487 g/mol. The number of aliphatic imine (C=N–C) groups is 1. The van der Waals surface area contributed by atoms with E-state index in [0.717, 1.165) is 39.4 Å². The molecule has 5 rings (SSSR count). The van der Waals surface area contributed by atoms with Crippen molar-refractivity contribution in [3.63, 3.8) is 0 Å². The second-order valence-corrected chi connectivity index (χ2v) is 9.13. The van der Waals surface area contributed by atoms with E-state index in [9.17, 15) is 0 Å². The minimum atomic E-state index is -0.148. The fourth-order valence-corrected chi connectivity index (χ4v) is 4.98. The highest BCUT2D eigenvalue weighted by atomic mass is 35.5. The van der Waals surface area contributed by atoms with Crippen molar-refractivity contribution in [2.75, 3.05) is 12.0 Å². The number of hydrogen-bond donors (Lipinski definition) is 0. The maximum Gasteiger partial charge on any atom is 0.148 e. The van der Waals surface area contributed by atoms with Crippen LogP contribution in [0.4, 0.5) is 5.69 Å². The van der Waals surface area contributed by atoms with Crippen molar-refractivity contribution in [3.8, 4) is 16.9 Å². The normalized spacial score (nSPS) is 17.5. The third-order valence-electron chi connectivity index (χ3n) is 6.23. The van der Waals surface area contributed by atoms with Gasteiger partial charge in [0, 0.05) is 16.3 Å². The molecule has 0 amide bonds. The molecule has 0 bridgehead atoms. The monoisotopic (exact) mass is 486 g/mol. The molecule has 3 nitrogen and oxygen atoms in total. The quantitative estimate of drug-likeness (QED) is 0.284. The van der Waals surface area contributed by atoms with Crippen molar-refractivity contribution in [2.24, 2.45) is 4.99 Å². The molecule has 0 spiro atoms. The number of benzene rings is 4. The van der Waals surface area contributed by atoms with E-state index in [2.05, 4.69) is 60.4 Å². The highest BCUT2D eigenvalue weighted by Crippen LogP contribution is 2.39. The first-order valence-electron chi connectivity index (χ1n) is 11.2. The van der Waals surface area contributed by atoms with Gasteiger partial charge in [0.1, 0.15) is 11.9 Å². The largest absolute Gasteiger partial charge is 0.497 e. The number of ether oxygens (including phenoxy) is 1. The number of halogens is 2. The minimum Gasteiger partial charge on any atom is -0.497 e. The van der Waals surface area contributed by atoms with Gasteiger partial charge in [-0.15, -0.1) is 0 Å². The summed E-state index contributed by atoms with van der Waals surface area (Å²) in [4.78, 5) is 7.50. The fourth-order valence-electron chi connectivity index (χ4n) is 4.47. The summed E-state index contributed by atoms with van der Waals surface area (Å²) < 4.78 is 5.28. The highest BCUT2D eigenvalue weighted by Gasteiger charge is 2.35. The fraction of sp³-hybridized carbons (Fsp3) is 0.138. The van der Waals surface area contributed by atoms with Crippen molar-refractivity contribution >= 4 is 34.6 Å². The predicted molar refractivity (Wildman–Crippen MR) is 143 cm³/mol. The molecule has 0 aromatic heterocycles. The lowest BCUT2D eigenvalue weighted by molar-refractivity contribution is 0.415. The molecule has 0 saturated heterocycles. The van der Waals surface area contributed by atoms with Crippen LogP contribution in [-0.2, 0) is 0 Å². The summed E-state index contributed by atoms with van der Waals surface area (Å²) in [5.74, 6) is 0.850. The van der Waals surface area contributed by atoms with E-state index in [4.69, 9.17) is 32.9 Å². The zero-order chi connectivity index (χ0) is 23.7.